The number of benzene rings is 1. The van der Waals surface area contributed by atoms with Gasteiger partial charge in [-0.1, -0.05) is 30.1 Å². The number of carbonyl (C=O) groups excluding carboxylic acids is 1. The minimum atomic E-state index is -3.46. The molecule has 1 N–H and O–H groups in total. The zero-order valence-electron chi connectivity index (χ0n) is 12.1. The molecule has 0 spiro atoms. The zero-order chi connectivity index (χ0) is 16.2. The Labute approximate surface area is 135 Å². The number of rotatable bonds is 6. The standard InChI is InChI=1S/C13H18Cl2N2O3S/c1-4-9(2)17(21(3,19)20)8-13(18)16-12-6-5-10(14)7-11(12)15/h5-7,9H,4,8H2,1-3H3,(H,16,18). The lowest BCUT2D eigenvalue weighted by atomic mass is 10.2. The van der Waals surface area contributed by atoms with E-state index in [0.29, 0.717) is 22.2 Å². The van der Waals surface area contributed by atoms with Gasteiger partial charge in [-0.3, -0.25) is 4.79 Å². The molecule has 1 unspecified atom stereocenters. The molecule has 5 nitrogen and oxygen atoms in total. The first kappa shape index (κ1) is 18.2. The number of nitrogens with zero attached hydrogens (tertiary/aromatic N) is 1. The molecule has 1 rings (SSSR count). The highest BCUT2D eigenvalue weighted by atomic mass is 35.5. The number of carbonyl (C=O) groups is 1. The fraction of sp³-hybridized carbons (Fsp3) is 0.462. The van der Waals surface area contributed by atoms with E-state index in [1.807, 2.05) is 6.92 Å². The molecule has 0 fully saturated rings. The SMILES string of the molecule is CCC(C)N(CC(=O)Nc1ccc(Cl)cc1Cl)S(C)(=O)=O. The quantitative estimate of drug-likeness (QED) is 0.855. The molecule has 1 atom stereocenters. The lowest BCUT2D eigenvalue weighted by molar-refractivity contribution is -0.116. The van der Waals surface area contributed by atoms with Crippen molar-refractivity contribution in [3.05, 3.63) is 28.2 Å². The van der Waals surface area contributed by atoms with Crippen molar-refractivity contribution in [2.45, 2.75) is 26.3 Å². The minimum absolute atomic E-state index is 0.257. The molecular formula is C13H18Cl2N2O3S. The fourth-order valence-corrected chi connectivity index (χ4v) is 3.34. The van der Waals surface area contributed by atoms with Crippen LogP contribution >= 0.6 is 23.2 Å². The third-order valence-corrected chi connectivity index (χ3v) is 4.90. The topological polar surface area (TPSA) is 66.5 Å². The van der Waals surface area contributed by atoms with Gasteiger partial charge >= 0.3 is 0 Å². The van der Waals surface area contributed by atoms with Gasteiger partial charge < -0.3 is 5.32 Å². The van der Waals surface area contributed by atoms with Crippen LogP contribution < -0.4 is 5.32 Å². The number of sulfonamides is 1. The van der Waals surface area contributed by atoms with E-state index in [4.69, 9.17) is 23.2 Å². The van der Waals surface area contributed by atoms with Crippen molar-refractivity contribution in [3.8, 4) is 0 Å². The molecule has 118 valence electrons. The van der Waals surface area contributed by atoms with Gasteiger partial charge in [0.2, 0.25) is 15.9 Å². The summed E-state index contributed by atoms with van der Waals surface area (Å²) in [7, 11) is -3.46. The van der Waals surface area contributed by atoms with Crippen LogP contribution in [0.5, 0.6) is 0 Å². The zero-order valence-corrected chi connectivity index (χ0v) is 14.4. The van der Waals surface area contributed by atoms with Crippen LogP contribution in [0.25, 0.3) is 0 Å². The van der Waals surface area contributed by atoms with Gasteiger partial charge in [0.05, 0.1) is 23.5 Å². The second-order valence-corrected chi connectivity index (χ2v) is 7.52. The summed E-state index contributed by atoms with van der Waals surface area (Å²) in [5.74, 6) is -0.454. The average Bonchev–Trinajstić information content (AvgIpc) is 2.37. The van der Waals surface area contributed by atoms with Crippen LogP contribution in [0.3, 0.4) is 0 Å². The normalized spacial score (nSPS) is 13.2. The van der Waals surface area contributed by atoms with Crippen LogP contribution in [0, 0.1) is 0 Å². The first-order valence-electron chi connectivity index (χ1n) is 6.36. The molecular weight excluding hydrogens is 335 g/mol. The Hall–Kier alpha value is -0.820. The first-order chi connectivity index (χ1) is 9.65. The second-order valence-electron chi connectivity index (χ2n) is 4.74. The summed E-state index contributed by atoms with van der Waals surface area (Å²) in [5.41, 5.74) is 0.392. The molecule has 21 heavy (non-hydrogen) atoms. The molecule has 0 heterocycles. The Balaban J connectivity index is 2.84. The van der Waals surface area contributed by atoms with Crippen molar-refractivity contribution in [1.82, 2.24) is 4.31 Å². The van der Waals surface area contributed by atoms with Gasteiger partial charge in [-0.05, 0) is 31.5 Å². The maximum absolute atomic E-state index is 12.0. The molecule has 0 saturated carbocycles. The Morgan fingerprint density at radius 1 is 1.38 bits per heavy atom. The Morgan fingerprint density at radius 3 is 2.48 bits per heavy atom. The van der Waals surface area contributed by atoms with Crippen LogP contribution in [0.2, 0.25) is 10.0 Å². The molecule has 0 aliphatic carbocycles. The molecule has 0 bridgehead atoms. The van der Waals surface area contributed by atoms with Gasteiger partial charge in [-0.2, -0.15) is 4.31 Å². The number of nitrogens with one attached hydrogen (secondary N) is 1. The smallest absolute Gasteiger partial charge is 0.239 e. The highest BCUT2D eigenvalue weighted by Crippen LogP contribution is 2.25. The predicted octanol–water partition coefficient (Wildman–Crippen LogP) is 2.99. The summed E-state index contributed by atoms with van der Waals surface area (Å²) in [4.78, 5) is 12.0. The first-order valence-corrected chi connectivity index (χ1v) is 8.97. The number of hydrogen-bond donors (Lipinski definition) is 1. The van der Waals surface area contributed by atoms with E-state index in [2.05, 4.69) is 5.32 Å². The third-order valence-electron chi connectivity index (χ3n) is 3.01. The maximum atomic E-state index is 12.0. The van der Waals surface area contributed by atoms with E-state index in [0.717, 1.165) is 10.6 Å². The van der Waals surface area contributed by atoms with Crippen molar-refractivity contribution in [2.24, 2.45) is 0 Å². The van der Waals surface area contributed by atoms with Crippen molar-refractivity contribution in [1.29, 1.82) is 0 Å². The molecule has 0 aromatic heterocycles. The van der Waals surface area contributed by atoms with E-state index in [1.165, 1.54) is 6.07 Å². The summed E-state index contributed by atoms with van der Waals surface area (Å²) >= 11 is 11.7. The average molecular weight is 353 g/mol. The van der Waals surface area contributed by atoms with E-state index in [9.17, 15) is 13.2 Å². The number of anilines is 1. The number of halogens is 2. The van der Waals surface area contributed by atoms with E-state index >= 15 is 0 Å². The summed E-state index contributed by atoms with van der Waals surface area (Å²) < 4.78 is 24.6. The van der Waals surface area contributed by atoms with Crippen LogP contribution in [-0.4, -0.2) is 37.5 Å². The van der Waals surface area contributed by atoms with Gasteiger partial charge in [0.25, 0.3) is 0 Å². The summed E-state index contributed by atoms with van der Waals surface area (Å²) in [6.45, 7) is 3.35. The van der Waals surface area contributed by atoms with Crippen LogP contribution in [-0.2, 0) is 14.8 Å². The van der Waals surface area contributed by atoms with Crippen molar-refractivity contribution >= 4 is 44.8 Å². The van der Waals surface area contributed by atoms with Gasteiger partial charge in [0.15, 0.2) is 0 Å². The number of hydrogen-bond acceptors (Lipinski definition) is 3. The fourth-order valence-electron chi connectivity index (χ4n) is 1.73. The summed E-state index contributed by atoms with van der Waals surface area (Å²) in [6, 6.07) is 4.40. The minimum Gasteiger partial charge on any atom is -0.324 e. The molecule has 8 heteroatoms. The van der Waals surface area contributed by atoms with Crippen molar-refractivity contribution < 1.29 is 13.2 Å². The maximum Gasteiger partial charge on any atom is 0.239 e. The number of amides is 1. The molecule has 0 radical (unpaired) electrons. The molecule has 0 saturated heterocycles. The lowest BCUT2D eigenvalue weighted by Gasteiger charge is -2.25. The monoisotopic (exact) mass is 352 g/mol. The molecule has 0 aliphatic rings. The third kappa shape index (κ3) is 5.47. The van der Waals surface area contributed by atoms with E-state index in [1.54, 1.807) is 19.1 Å². The van der Waals surface area contributed by atoms with Gasteiger partial charge in [0, 0.05) is 11.1 Å². The van der Waals surface area contributed by atoms with Crippen LogP contribution in [0.15, 0.2) is 18.2 Å². The lowest BCUT2D eigenvalue weighted by Crippen LogP contribution is -2.42. The largest absolute Gasteiger partial charge is 0.324 e. The van der Waals surface area contributed by atoms with Crippen LogP contribution in [0.1, 0.15) is 20.3 Å². The molecule has 1 amide bonds. The van der Waals surface area contributed by atoms with E-state index in [-0.39, 0.29) is 12.6 Å². The van der Waals surface area contributed by atoms with Gasteiger partial charge in [-0.15, -0.1) is 0 Å². The molecule has 1 aromatic rings. The van der Waals surface area contributed by atoms with E-state index < -0.39 is 15.9 Å². The molecule has 1 aromatic carbocycles. The van der Waals surface area contributed by atoms with Crippen molar-refractivity contribution in [3.63, 3.8) is 0 Å². The Morgan fingerprint density at radius 2 is 2.00 bits per heavy atom. The van der Waals surface area contributed by atoms with Crippen molar-refractivity contribution in [2.75, 3.05) is 18.1 Å². The Kier molecular flexibility index (Phi) is 6.46. The van der Waals surface area contributed by atoms with Crippen LogP contribution in [0.4, 0.5) is 5.69 Å². The summed E-state index contributed by atoms with van der Waals surface area (Å²) in [6.07, 6.45) is 1.70. The predicted molar refractivity (Wildman–Crippen MR) is 86.4 cm³/mol. The molecule has 0 aliphatic heterocycles. The Bertz CT molecular complexity index is 620. The van der Waals surface area contributed by atoms with Gasteiger partial charge in [0.1, 0.15) is 0 Å². The highest BCUT2D eigenvalue weighted by molar-refractivity contribution is 7.88. The second kappa shape index (κ2) is 7.45. The van der Waals surface area contributed by atoms with Gasteiger partial charge in [-0.25, -0.2) is 8.42 Å². The highest BCUT2D eigenvalue weighted by Gasteiger charge is 2.24. The summed E-state index contributed by atoms with van der Waals surface area (Å²) in [5, 5.41) is 3.33.